The van der Waals surface area contributed by atoms with E-state index in [4.69, 9.17) is 0 Å². The highest BCUT2D eigenvalue weighted by Crippen LogP contribution is 2.32. The number of halogens is 3. The molecular formula is C28H30F3N3O3S. The van der Waals surface area contributed by atoms with Crippen molar-refractivity contribution in [2.24, 2.45) is 0 Å². The first-order valence-corrected chi connectivity index (χ1v) is 13.9. The molecule has 3 aromatic carbocycles. The summed E-state index contributed by atoms with van der Waals surface area (Å²) in [6.45, 7) is 2.07. The summed E-state index contributed by atoms with van der Waals surface area (Å²) in [6, 6.07) is 21.4. The summed E-state index contributed by atoms with van der Waals surface area (Å²) in [7, 11) is -3.63. The second kappa shape index (κ2) is 12.0. The van der Waals surface area contributed by atoms with Crippen molar-refractivity contribution in [2.45, 2.75) is 30.3 Å². The molecule has 1 aliphatic heterocycles. The number of sulfonamides is 1. The fourth-order valence-electron chi connectivity index (χ4n) is 4.40. The Balaban J connectivity index is 1.23. The van der Waals surface area contributed by atoms with Crippen LogP contribution in [0.4, 0.5) is 18.9 Å². The van der Waals surface area contributed by atoms with Crippen molar-refractivity contribution in [2.75, 3.05) is 37.6 Å². The molecule has 0 aromatic heterocycles. The number of nitrogens with zero attached hydrogens (tertiary/aromatic N) is 2. The van der Waals surface area contributed by atoms with Gasteiger partial charge in [0.05, 0.1) is 10.5 Å². The van der Waals surface area contributed by atoms with Gasteiger partial charge in [0, 0.05) is 44.8 Å². The zero-order chi connectivity index (χ0) is 27.2. The van der Waals surface area contributed by atoms with Crippen molar-refractivity contribution in [3.63, 3.8) is 0 Å². The first-order valence-electron chi connectivity index (χ1n) is 12.4. The summed E-state index contributed by atoms with van der Waals surface area (Å²) in [5.74, 6) is -0.0343. The lowest BCUT2D eigenvalue weighted by Crippen LogP contribution is -2.48. The van der Waals surface area contributed by atoms with Crippen LogP contribution in [0.25, 0.3) is 0 Å². The fourth-order valence-corrected chi connectivity index (χ4v) is 5.43. The summed E-state index contributed by atoms with van der Waals surface area (Å²) in [4.78, 5) is 16.5. The van der Waals surface area contributed by atoms with Gasteiger partial charge in [-0.3, -0.25) is 4.79 Å². The average molecular weight is 546 g/mol. The number of rotatable bonds is 9. The lowest BCUT2D eigenvalue weighted by molar-refractivity contribution is -0.137. The van der Waals surface area contributed by atoms with Gasteiger partial charge in [0.15, 0.2) is 0 Å². The van der Waals surface area contributed by atoms with Crippen molar-refractivity contribution in [3.8, 4) is 0 Å². The van der Waals surface area contributed by atoms with Crippen molar-refractivity contribution in [1.29, 1.82) is 0 Å². The minimum Gasteiger partial charge on any atom is -0.368 e. The minimum atomic E-state index is -4.39. The average Bonchev–Trinajstić information content (AvgIpc) is 2.92. The standard InChI is InChI=1S/C28H30F3N3O3S/c29-28(30,31)24-7-4-8-25(21-24)33-17-19-34(20-18-33)27(35)14-11-23-9-12-26(13-10-23)38(36,37)32-16-15-22-5-2-1-3-6-22/h1-10,12-13,21,32H,11,14-20H2. The predicted octanol–water partition coefficient (Wildman–Crippen LogP) is 4.51. The second-order valence-corrected chi connectivity index (χ2v) is 11.0. The van der Waals surface area contributed by atoms with E-state index in [-0.39, 0.29) is 17.2 Å². The van der Waals surface area contributed by atoms with E-state index in [1.54, 1.807) is 35.2 Å². The summed E-state index contributed by atoms with van der Waals surface area (Å²) >= 11 is 0. The molecule has 202 valence electrons. The van der Waals surface area contributed by atoms with E-state index in [9.17, 15) is 26.4 Å². The maximum absolute atomic E-state index is 13.0. The zero-order valence-electron chi connectivity index (χ0n) is 20.8. The van der Waals surface area contributed by atoms with Crippen LogP contribution in [0.2, 0.25) is 0 Å². The molecule has 0 unspecified atom stereocenters. The molecule has 1 heterocycles. The fraction of sp³-hybridized carbons (Fsp3) is 0.321. The number of carbonyl (C=O) groups excluding carboxylic acids is 1. The van der Waals surface area contributed by atoms with Gasteiger partial charge in [0.2, 0.25) is 15.9 Å². The monoisotopic (exact) mass is 545 g/mol. The van der Waals surface area contributed by atoms with Gasteiger partial charge in [0.25, 0.3) is 0 Å². The predicted molar refractivity (Wildman–Crippen MR) is 140 cm³/mol. The van der Waals surface area contributed by atoms with Crippen LogP contribution in [-0.4, -0.2) is 51.9 Å². The molecule has 6 nitrogen and oxygen atoms in total. The molecule has 10 heteroatoms. The number of hydrogen-bond acceptors (Lipinski definition) is 4. The highest BCUT2D eigenvalue weighted by molar-refractivity contribution is 7.89. The number of aryl methyl sites for hydroxylation is 1. The van der Waals surface area contributed by atoms with E-state index in [1.807, 2.05) is 35.2 Å². The number of nitrogens with one attached hydrogen (secondary N) is 1. The van der Waals surface area contributed by atoms with Crippen LogP contribution in [0.15, 0.2) is 83.8 Å². The Labute approximate surface area is 221 Å². The molecule has 38 heavy (non-hydrogen) atoms. The molecule has 1 saturated heterocycles. The first-order chi connectivity index (χ1) is 18.1. The molecule has 4 rings (SSSR count). The van der Waals surface area contributed by atoms with Gasteiger partial charge in [-0.05, 0) is 54.3 Å². The van der Waals surface area contributed by atoms with Crippen LogP contribution in [0.5, 0.6) is 0 Å². The molecule has 0 radical (unpaired) electrons. The molecule has 0 aliphatic carbocycles. The quantitative estimate of drug-likeness (QED) is 0.430. The third-order valence-electron chi connectivity index (χ3n) is 6.58. The van der Waals surface area contributed by atoms with Crippen LogP contribution in [0.3, 0.4) is 0 Å². The Kier molecular flexibility index (Phi) is 8.73. The van der Waals surface area contributed by atoms with E-state index in [1.165, 1.54) is 6.07 Å². The Hall–Kier alpha value is -3.37. The number of carbonyl (C=O) groups is 1. The Morgan fingerprint density at radius 2 is 1.47 bits per heavy atom. The number of anilines is 1. The number of piperazine rings is 1. The third-order valence-corrected chi connectivity index (χ3v) is 8.06. The summed E-state index contributed by atoms with van der Waals surface area (Å²) in [5, 5.41) is 0. The van der Waals surface area contributed by atoms with Crippen LogP contribution in [0.1, 0.15) is 23.1 Å². The highest BCUT2D eigenvalue weighted by atomic mass is 32.2. The first kappa shape index (κ1) is 27.7. The molecule has 0 bridgehead atoms. The SMILES string of the molecule is O=C(CCc1ccc(S(=O)(=O)NCCc2ccccc2)cc1)N1CCN(c2cccc(C(F)(F)F)c2)CC1. The van der Waals surface area contributed by atoms with Crippen LogP contribution in [-0.2, 0) is 33.8 Å². The normalized spacial score (nSPS) is 14.5. The topological polar surface area (TPSA) is 69.7 Å². The lowest BCUT2D eigenvalue weighted by atomic mass is 10.1. The maximum atomic E-state index is 13.0. The number of amides is 1. The van der Waals surface area contributed by atoms with E-state index in [0.717, 1.165) is 23.3 Å². The van der Waals surface area contributed by atoms with Crippen LogP contribution in [0, 0.1) is 0 Å². The van der Waals surface area contributed by atoms with Gasteiger partial charge in [-0.1, -0.05) is 48.5 Å². The van der Waals surface area contributed by atoms with Crippen molar-refractivity contribution in [1.82, 2.24) is 9.62 Å². The molecule has 3 aromatic rings. The van der Waals surface area contributed by atoms with E-state index >= 15 is 0 Å². The Morgan fingerprint density at radius 1 is 0.816 bits per heavy atom. The van der Waals surface area contributed by atoms with Gasteiger partial charge in [0.1, 0.15) is 0 Å². The molecule has 1 fully saturated rings. The van der Waals surface area contributed by atoms with Gasteiger partial charge in [-0.25, -0.2) is 13.1 Å². The summed E-state index contributed by atoms with van der Waals surface area (Å²) in [6.07, 6.45) is -3.07. The van der Waals surface area contributed by atoms with Crippen molar-refractivity contribution < 1.29 is 26.4 Å². The van der Waals surface area contributed by atoms with Gasteiger partial charge in [-0.15, -0.1) is 0 Å². The van der Waals surface area contributed by atoms with E-state index in [0.29, 0.717) is 51.3 Å². The maximum Gasteiger partial charge on any atom is 0.416 e. The van der Waals surface area contributed by atoms with Gasteiger partial charge < -0.3 is 9.80 Å². The largest absolute Gasteiger partial charge is 0.416 e. The summed E-state index contributed by atoms with van der Waals surface area (Å²) in [5.41, 5.74) is 1.71. The number of hydrogen-bond donors (Lipinski definition) is 1. The number of alkyl halides is 3. The molecule has 0 atom stereocenters. The van der Waals surface area contributed by atoms with Crippen LogP contribution < -0.4 is 9.62 Å². The zero-order valence-corrected chi connectivity index (χ0v) is 21.6. The summed E-state index contributed by atoms with van der Waals surface area (Å²) < 4.78 is 66.8. The second-order valence-electron chi connectivity index (χ2n) is 9.19. The molecule has 1 N–H and O–H groups in total. The molecule has 1 amide bonds. The smallest absolute Gasteiger partial charge is 0.368 e. The van der Waals surface area contributed by atoms with Crippen LogP contribution >= 0.6 is 0 Å². The van der Waals surface area contributed by atoms with Gasteiger partial charge >= 0.3 is 6.18 Å². The molecule has 0 spiro atoms. The number of benzene rings is 3. The molecular weight excluding hydrogens is 515 g/mol. The molecule has 1 aliphatic rings. The van der Waals surface area contributed by atoms with E-state index < -0.39 is 21.8 Å². The Bertz CT molecular complexity index is 1320. The Morgan fingerprint density at radius 3 is 2.13 bits per heavy atom. The third kappa shape index (κ3) is 7.35. The lowest BCUT2D eigenvalue weighted by Gasteiger charge is -2.36. The minimum absolute atomic E-state index is 0.0343. The van der Waals surface area contributed by atoms with Crippen molar-refractivity contribution >= 4 is 21.6 Å². The highest BCUT2D eigenvalue weighted by Gasteiger charge is 2.31. The van der Waals surface area contributed by atoms with E-state index in [2.05, 4.69) is 4.72 Å². The molecule has 0 saturated carbocycles. The van der Waals surface area contributed by atoms with Crippen molar-refractivity contribution in [3.05, 3.63) is 95.6 Å². The van der Waals surface area contributed by atoms with Gasteiger partial charge in [-0.2, -0.15) is 13.2 Å².